The standard InChI is InChI=1S/C22H21N3O3S/c23-7-4-14-2-1-3-16(10-14)17-11-18-20(15-5-8-29(27,28)9-6-15)13-25-21(18)19(12-17)22(24)26/h1-3,10-13,15,25H,4-6,8-9H2,(H2,24,26). The molecule has 29 heavy (non-hydrogen) atoms. The third kappa shape index (κ3) is 3.76. The number of nitriles is 1. The maximum Gasteiger partial charge on any atom is 0.250 e. The Bertz CT molecular complexity index is 1240. The van der Waals surface area contributed by atoms with E-state index in [9.17, 15) is 13.2 Å². The van der Waals surface area contributed by atoms with E-state index >= 15 is 0 Å². The van der Waals surface area contributed by atoms with Crippen molar-refractivity contribution in [2.45, 2.75) is 25.2 Å². The molecular formula is C22H21N3O3S. The minimum absolute atomic E-state index is 0.119. The first-order valence-corrected chi connectivity index (χ1v) is 11.3. The van der Waals surface area contributed by atoms with Gasteiger partial charge >= 0.3 is 0 Å². The number of hydrogen-bond donors (Lipinski definition) is 2. The summed E-state index contributed by atoms with van der Waals surface area (Å²) in [7, 11) is -2.95. The fraction of sp³-hybridized carbons (Fsp3) is 0.273. The monoisotopic (exact) mass is 407 g/mol. The fourth-order valence-electron chi connectivity index (χ4n) is 4.10. The molecule has 0 atom stereocenters. The zero-order valence-corrected chi connectivity index (χ0v) is 16.6. The number of carbonyl (C=O) groups is 1. The summed E-state index contributed by atoms with van der Waals surface area (Å²) >= 11 is 0. The second-order valence-corrected chi connectivity index (χ2v) is 9.82. The normalized spacial score (nSPS) is 16.5. The minimum Gasteiger partial charge on any atom is -0.366 e. The summed E-state index contributed by atoms with van der Waals surface area (Å²) in [5, 5.41) is 9.87. The van der Waals surface area contributed by atoms with Crippen LogP contribution in [0.2, 0.25) is 0 Å². The van der Waals surface area contributed by atoms with Crippen LogP contribution in [0.3, 0.4) is 0 Å². The Balaban J connectivity index is 1.84. The molecule has 2 heterocycles. The Kier molecular flexibility index (Phi) is 4.89. The topological polar surface area (TPSA) is 117 Å². The lowest BCUT2D eigenvalue weighted by Gasteiger charge is -2.21. The molecule has 148 valence electrons. The number of nitrogens with one attached hydrogen (secondary N) is 1. The lowest BCUT2D eigenvalue weighted by molar-refractivity contribution is 0.100. The first kappa shape index (κ1) is 19.2. The summed E-state index contributed by atoms with van der Waals surface area (Å²) < 4.78 is 23.6. The van der Waals surface area contributed by atoms with Gasteiger partial charge in [-0.3, -0.25) is 4.79 Å². The fourth-order valence-corrected chi connectivity index (χ4v) is 5.60. The molecular weight excluding hydrogens is 386 g/mol. The SMILES string of the molecule is N#CCc1cccc(-c2cc(C(N)=O)c3[nH]cc(C4CCS(=O)(=O)CC4)c3c2)c1. The largest absolute Gasteiger partial charge is 0.366 e. The number of carbonyl (C=O) groups excluding carboxylic acids is 1. The van der Waals surface area contributed by atoms with Crippen molar-refractivity contribution in [1.82, 2.24) is 4.98 Å². The van der Waals surface area contributed by atoms with Crippen LogP contribution in [-0.2, 0) is 16.3 Å². The Morgan fingerprint density at radius 1 is 1.17 bits per heavy atom. The Labute approximate surface area is 169 Å². The number of H-pyrrole nitrogens is 1. The van der Waals surface area contributed by atoms with Crippen LogP contribution in [0.15, 0.2) is 42.6 Å². The van der Waals surface area contributed by atoms with Gasteiger partial charge in [0.1, 0.15) is 9.84 Å². The van der Waals surface area contributed by atoms with E-state index in [1.807, 2.05) is 36.5 Å². The first-order chi connectivity index (χ1) is 13.9. The summed E-state index contributed by atoms with van der Waals surface area (Å²) in [4.78, 5) is 15.3. The van der Waals surface area contributed by atoms with Crippen LogP contribution in [-0.4, -0.2) is 30.8 Å². The molecule has 6 nitrogen and oxygen atoms in total. The number of amides is 1. The van der Waals surface area contributed by atoms with Crippen LogP contribution in [0.5, 0.6) is 0 Å². The molecule has 7 heteroatoms. The number of aromatic amines is 1. The average molecular weight is 407 g/mol. The van der Waals surface area contributed by atoms with Crippen LogP contribution in [0.1, 0.15) is 40.2 Å². The van der Waals surface area contributed by atoms with Crippen molar-refractivity contribution < 1.29 is 13.2 Å². The Hall–Kier alpha value is -3.11. The third-order valence-corrected chi connectivity index (χ3v) is 7.34. The molecule has 1 aromatic heterocycles. The Morgan fingerprint density at radius 2 is 1.93 bits per heavy atom. The van der Waals surface area contributed by atoms with Crippen molar-refractivity contribution >= 4 is 26.6 Å². The lowest BCUT2D eigenvalue weighted by atomic mass is 9.90. The summed E-state index contributed by atoms with van der Waals surface area (Å²) in [5.41, 5.74) is 10.4. The maximum absolute atomic E-state index is 12.1. The molecule has 0 bridgehead atoms. The summed E-state index contributed by atoms with van der Waals surface area (Å²) in [6.07, 6.45) is 3.33. The van der Waals surface area contributed by atoms with Crippen molar-refractivity contribution in [2.24, 2.45) is 5.73 Å². The van der Waals surface area contributed by atoms with Crippen molar-refractivity contribution in [3.8, 4) is 17.2 Å². The van der Waals surface area contributed by atoms with E-state index in [2.05, 4.69) is 11.1 Å². The highest BCUT2D eigenvalue weighted by atomic mass is 32.2. The molecule has 0 spiro atoms. The number of rotatable bonds is 4. The van der Waals surface area contributed by atoms with Crippen molar-refractivity contribution in [3.63, 3.8) is 0 Å². The second-order valence-electron chi connectivity index (χ2n) is 7.52. The van der Waals surface area contributed by atoms with E-state index in [-0.39, 0.29) is 17.4 Å². The molecule has 4 rings (SSSR count). The number of primary amides is 1. The summed E-state index contributed by atoms with van der Waals surface area (Å²) in [5.74, 6) is -0.0379. The second kappa shape index (κ2) is 7.37. The molecule has 1 saturated heterocycles. The number of nitrogens with two attached hydrogens (primary N) is 1. The summed E-state index contributed by atoms with van der Waals surface area (Å²) in [6.45, 7) is 0. The number of benzene rings is 2. The molecule has 1 fully saturated rings. The zero-order valence-electron chi connectivity index (χ0n) is 15.8. The van der Waals surface area contributed by atoms with Gasteiger partial charge in [0.15, 0.2) is 0 Å². The molecule has 0 saturated carbocycles. The molecule has 3 aromatic rings. The van der Waals surface area contributed by atoms with Gasteiger partial charge in [-0.25, -0.2) is 8.42 Å². The molecule has 0 unspecified atom stereocenters. The van der Waals surface area contributed by atoms with Gasteiger partial charge in [-0.1, -0.05) is 24.3 Å². The first-order valence-electron chi connectivity index (χ1n) is 9.49. The predicted octanol–water partition coefficient (Wildman–Crippen LogP) is 3.29. The van der Waals surface area contributed by atoms with E-state index in [1.54, 1.807) is 6.07 Å². The van der Waals surface area contributed by atoms with Gasteiger partial charge in [0.25, 0.3) is 5.91 Å². The highest BCUT2D eigenvalue weighted by molar-refractivity contribution is 7.91. The van der Waals surface area contributed by atoms with Gasteiger partial charge < -0.3 is 10.7 Å². The zero-order chi connectivity index (χ0) is 20.6. The molecule has 1 amide bonds. The van der Waals surface area contributed by atoms with Crippen molar-refractivity contribution in [2.75, 3.05) is 11.5 Å². The molecule has 1 aliphatic rings. The lowest BCUT2D eigenvalue weighted by Crippen LogP contribution is -2.22. The van der Waals surface area contributed by atoms with E-state index in [4.69, 9.17) is 11.0 Å². The number of nitrogens with zero attached hydrogens (tertiary/aromatic N) is 1. The average Bonchev–Trinajstić information content (AvgIpc) is 3.11. The van der Waals surface area contributed by atoms with Crippen LogP contribution >= 0.6 is 0 Å². The van der Waals surface area contributed by atoms with Gasteiger partial charge in [0.2, 0.25) is 0 Å². The quantitative estimate of drug-likeness (QED) is 0.690. The van der Waals surface area contributed by atoms with Crippen molar-refractivity contribution in [3.05, 3.63) is 59.3 Å². The van der Waals surface area contributed by atoms with Crippen LogP contribution in [0.4, 0.5) is 0 Å². The molecule has 0 aliphatic carbocycles. The minimum atomic E-state index is -2.95. The number of sulfone groups is 1. The van der Waals surface area contributed by atoms with Crippen molar-refractivity contribution in [1.29, 1.82) is 5.26 Å². The van der Waals surface area contributed by atoms with Gasteiger partial charge in [0.05, 0.1) is 35.1 Å². The van der Waals surface area contributed by atoms with E-state index in [0.717, 1.165) is 27.6 Å². The molecule has 0 radical (unpaired) electrons. The van der Waals surface area contributed by atoms with Crippen LogP contribution in [0.25, 0.3) is 22.0 Å². The molecule has 2 aromatic carbocycles. The van der Waals surface area contributed by atoms with Gasteiger partial charge in [-0.05, 0) is 53.1 Å². The van der Waals surface area contributed by atoms with E-state index < -0.39 is 15.7 Å². The number of fused-ring (bicyclic) bond motifs is 1. The van der Waals surface area contributed by atoms with Gasteiger partial charge in [-0.15, -0.1) is 0 Å². The third-order valence-electron chi connectivity index (χ3n) is 5.62. The van der Waals surface area contributed by atoms with Gasteiger partial charge in [0, 0.05) is 11.6 Å². The van der Waals surface area contributed by atoms with E-state index in [0.29, 0.717) is 30.3 Å². The molecule has 3 N–H and O–H groups in total. The number of aromatic nitrogens is 1. The smallest absolute Gasteiger partial charge is 0.250 e. The van der Waals surface area contributed by atoms with Gasteiger partial charge in [-0.2, -0.15) is 5.26 Å². The van der Waals surface area contributed by atoms with Crippen LogP contribution < -0.4 is 5.73 Å². The Morgan fingerprint density at radius 3 is 2.62 bits per heavy atom. The predicted molar refractivity (Wildman–Crippen MR) is 112 cm³/mol. The highest BCUT2D eigenvalue weighted by Crippen LogP contribution is 2.37. The van der Waals surface area contributed by atoms with Crippen LogP contribution in [0, 0.1) is 11.3 Å². The number of hydrogen-bond acceptors (Lipinski definition) is 4. The maximum atomic E-state index is 12.1. The van der Waals surface area contributed by atoms with E-state index in [1.165, 1.54) is 0 Å². The highest BCUT2D eigenvalue weighted by Gasteiger charge is 2.27. The summed E-state index contributed by atoms with van der Waals surface area (Å²) in [6, 6.07) is 13.6. The molecule has 1 aliphatic heterocycles.